The van der Waals surface area contributed by atoms with Gasteiger partial charge in [-0.1, -0.05) is 50.9 Å². The highest BCUT2D eigenvalue weighted by Gasteiger charge is 2.45. The summed E-state index contributed by atoms with van der Waals surface area (Å²) >= 11 is 6.50. The van der Waals surface area contributed by atoms with E-state index in [1.54, 1.807) is 3.85 Å². The quantitative estimate of drug-likeness (QED) is 0.101. The van der Waals surface area contributed by atoms with Crippen molar-refractivity contribution in [1.82, 2.24) is 3.85 Å². The van der Waals surface area contributed by atoms with E-state index in [9.17, 15) is 13.2 Å². The van der Waals surface area contributed by atoms with Crippen molar-refractivity contribution in [2.75, 3.05) is 50.8 Å². The Hall–Kier alpha value is -1.73. The van der Waals surface area contributed by atoms with Gasteiger partial charge >= 0.3 is 5.97 Å². The van der Waals surface area contributed by atoms with Crippen LogP contribution < -0.4 is 9.64 Å². The summed E-state index contributed by atoms with van der Waals surface area (Å²) in [5, 5.41) is 0.760. The van der Waals surface area contributed by atoms with E-state index in [1.165, 1.54) is 16.7 Å². The number of aryl methyl sites for hydroxylation is 1. The van der Waals surface area contributed by atoms with Crippen LogP contribution in [-0.2, 0) is 31.3 Å². The number of fused-ring (bicyclic) bond motifs is 3. The van der Waals surface area contributed by atoms with Gasteiger partial charge in [-0.25, -0.2) is 13.2 Å². The number of sulfonamides is 1. The highest BCUT2D eigenvalue weighted by molar-refractivity contribution is 7.97. The largest absolute Gasteiger partial charge is 0.490 e. The van der Waals surface area contributed by atoms with E-state index in [2.05, 4.69) is 43.9 Å². The first-order valence-electron chi connectivity index (χ1n) is 19.7. The van der Waals surface area contributed by atoms with Crippen LogP contribution in [0.15, 0.2) is 48.0 Å². The van der Waals surface area contributed by atoms with E-state index in [1.807, 2.05) is 65.5 Å². The molecule has 3 aliphatic rings. The van der Waals surface area contributed by atoms with Crippen molar-refractivity contribution in [2.45, 2.75) is 104 Å². The van der Waals surface area contributed by atoms with Gasteiger partial charge in [0, 0.05) is 30.6 Å². The Balaban J connectivity index is 1.45. The number of hydrogen-bond donors (Lipinski definition) is 0. The van der Waals surface area contributed by atoms with Gasteiger partial charge in [-0.2, -0.15) is 3.85 Å². The summed E-state index contributed by atoms with van der Waals surface area (Å²) < 4.78 is 47.1. The predicted octanol–water partition coefficient (Wildman–Crippen LogP) is 9.89. The molecule has 3 unspecified atom stereocenters. The van der Waals surface area contributed by atoms with Gasteiger partial charge < -0.3 is 19.1 Å². The molecule has 8 atom stereocenters. The van der Waals surface area contributed by atoms with Crippen LogP contribution in [0.2, 0.25) is 5.02 Å². The summed E-state index contributed by atoms with van der Waals surface area (Å²) in [5.74, 6) is 1.40. The number of carbonyl (C=O) groups is 1. The average Bonchev–Trinajstić information content (AvgIpc) is 3.26. The fraction of sp³-hybridized carbons (Fsp3) is 0.643. The van der Waals surface area contributed by atoms with Crippen molar-refractivity contribution in [3.05, 3.63) is 69.8 Å². The Kier molecular flexibility index (Phi) is 14.7. The Morgan fingerprint density at radius 1 is 1.15 bits per heavy atom. The second-order valence-corrected chi connectivity index (χ2v) is 21.7. The van der Waals surface area contributed by atoms with Gasteiger partial charge in [-0.15, -0.1) is 0 Å². The van der Waals surface area contributed by atoms with Crippen LogP contribution in [0.5, 0.6) is 5.75 Å². The number of methoxy groups -OCH3 is 1. The molecule has 1 spiro atoms. The standard InChI is InChI=1S/C42H63ClN2O6P2S/c1-10-29(21-28(3)30(11-2)25-54(47,48)45(52-8)53-9)39(49-7)35-17-14-33(35)24-44-26-42(20-12-13-31-22-34(43)16-18-36(31)42)27-50-38-19-15-32(23-37(38)44)40(46)51-41(4,5)6/h15-16,18-19,21-23,28,30,33,35,39,52-53H,10-14,17,20,24-27H2,1-9H3/b29-21+/t28?,30-,33+,35-,39+,42+/m1/s1. The molecule has 2 aliphatic carbocycles. The third-order valence-electron chi connectivity index (χ3n) is 11.9. The molecule has 0 radical (unpaired) electrons. The van der Waals surface area contributed by atoms with Crippen molar-refractivity contribution in [3.8, 4) is 5.75 Å². The molecule has 2 aromatic carbocycles. The van der Waals surface area contributed by atoms with E-state index in [-0.39, 0.29) is 52.5 Å². The molecule has 1 fully saturated rings. The zero-order valence-electron chi connectivity index (χ0n) is 33.8. The molecule has 0 saturated heterocycles. The van der Waals surface area contributed by atoms with E-state index in [0.29, 0.717) is 24.0 Å². The lowest BCUT2D eigenvalue weighted by Gasteiger charge is -2.47. The van der Waals surface area contributed by atoms with Crippen molar-refractivity contribution in [2.24, 2.45) is 23.7 Å². The minimum Gasteiger partial charge on any atom is -0.490 e. The van der Waals surface area contributed by atoms with Crippen molar-refractivity contribution < 1.29 is 27.4 Å². The number of hydrogen-bond acceptors (Lipinski definition) is 7. The Morgan fingerprint density at radius 2 is 1.89 bits per heavy atom. The van der Waals surface area contributed by atoms with E-state index >= 15 is 0 Å². The van der Waals surface area contributed by atoms with Gasteiger partial charge in [-0.3, -0.25) is 0 Å². The number of ether oxygens (including phenoxy) is 3. The maximum absolute atomic E-state index is 13.4. The van der Waals surface area contributed by atoms with Gasteiger partial charge in [-0.05, 0) is 161 Å². The van der Waals surface area contributed by atoms with E-state index in [4.69, 9.17) is 25.8 Å². The molecule has 8 nitrogen and oxygen atoms in total. The molecule has 54 heavy (non-hydrogen) atoms. The lowest BCUT2D eigenvalue weighted by atomic mass is 9.67. The average molecular weight is 821 g/mol. The lowest BCUT2D eigenvalue weighted by molar-refractivity contribution is 0.00436. The Bertz CT molecular complexity index is 1760. The molecule has 0 bridgehead atoms. The normalized spacial score (nSPS) is 23.9. The number of carbonyl (C=O) groups excluding carboxylic acids is 1. The summed E-state index contributed by atoms with van der Waals surface area (Å²) in [5.41, 5.74) is 4.47. The van der Waals surface area contributed by atoms with Gasteiger partial charge in [0.05, 0.1) is 29.7 Å². The molecule has 0 amide bonds. The van der Waals surface area contributed by atoms with Crippen molar-refractivity contribution in [3.63, 3.8) is 0 Å². The first-order valence-corrected chi connectivity index (χ1v) is 24.6. The molecule has 1 saturated carbocycles. The molecular weight excluding hydrogens is 758 g/mol. The predicted molar refractivity (Wildman–Crippen MR) is 228 cm³/mol. The molecule has 0 aromatic heterocycles. The van der Waals surface area contributed by atoms with Crippen LogP contribution in [0.3, 0.4) is 0 Å². The summed E-state index contributed by atoms with van der Waals surface area (Å²) in [6, 6.07) is 12.0. The lowest BCUT2D eigenvalue weighted by Crippen LogP contribution is -2.50. The van der Waals surface area contributed by atoms with E-state index in [0.717, 1.165) is 74.5 Å². The summed E-state index contributed by atoms with van der Waals surface area (Å²) in [6.45, 7) is 18.1. The third-order valence-corrected chi connectivity index (χ3v) is 18.4. The highest BCUT2D eigenvalue weighted by atomic mass is 35.5. The van der Waals surface area contributed by atoms with Crippen LogP contribution in [0.1, 0.15) is 102 Å². The molecule has 5 rings (SSSR count). The summed E-state index contributed by atoms with van der Waals surface area (Å²) in [7, 11) is -1.00. The number of esters is 1. The molecule has 0 N–H and O–H groups in total. The molecule has 12 heteroatoms. The molecule has 1 aliphatic heterocycles. The number of nitrogens with zero attached hydrogens (tertiary/aromatic N) is 2. The summed E-state index contributed by atoms with van der Waals surface area (Å²) in [6.07, 6.45) is 9.10. The first kappa shape index (κ1) is 43.4. The second kappa shape index (κ2) is 18.2. The second-order valence-electron chi connectivity index (χ2n) is 16.6. The summed E-state index contributed by atoms with van der Waals surface area (Å²) in [4.78, 5) is 15.8. The topological polar surface area (TPSA) is 85.4 Å². The molecule has 1 heterocycles. The fourth-order valence-corrected chi connectivity index (χ4v) is 13.9. The van der Waals surface area contributed by atoms with Crippen LogP contribution in [0.4, 0.5) is 5.69 Å². The Labute approximate surface area is 334 Å². The highest BCUT2D eigenvalue weighted by Crippen LogP contribution is 2.48. The fourth-order valence-electron chi connectivity index (χ4n) is 8.95. The number of allylic oxidation sites excluding steroid dienone is 1. The van der Waals surface area contributed by atoms with E-state index < -0.39 is 15.6 Å². The van der Waals surface area contributed by atoms with Gasteiger partial charge in [0.2, 0.25) is 10.0 Å². The number of halogens is 1. The third kappa shape index (κ3) is 9.86. The van der Waals surface area contributed by atoms with Crippen LogP contribution >= 0.6 is 29.1 Å². The van der Waals surface area contributed by atoms with Gasteiger partial charge in [0.15, 0.2) is 0 Å². The zero-order chi connectivity index (χ0) is 39.4. The maximum atomic E-state index is 13.4. The van der Waals surface area contributed by atoms with Crippen molar-refractivity contribution in [1.29, 1.82) is 0 Å². The number of benzene rings is 2. The SMILES string of the molecule is CC/C(=C\C(C)[C@H](CC)CS(=O)(=O)N(PC)PC)[C@H](OC)[C@@H]1CC[C@H]1CN1C[C@@]2(CCCc3cc(Cl)ccc32)COc2ccc(C(=O)OC(C)(C)C)cc21. The number of anilines is 1. The van der Waals surface area contributed by atoms with Crippen LogP contribution in [0.25, 0.3) is 0 Å². The molecule has 2 aromatic rings. The maximum Gasteiger partial charge on any atom is 0.338 e. The molecular formula is C42H63ClN2O6P2S. The van der Waals surface area contributed by atoms with Gasteiger partial charge in [0.25, 0.3) is 0 Å². The monoisotopic (exact) mass is 820 g/mol. The molecule has 300 valence electrons. The van der Waals surface area contributed by atoms with Crippen LogP contribution in [-0.4, -0.2) is 75.8 Å². The zero-order valence-corrected chi connectivity index (χ0v) is 37.4. The smallest absolute Gasteiger partial charge is 0.338 e. The number of rotatable bonds is 15. The van der Waals surface area contributed by atoms with Crippen LogP contribution in [0, 0.1) is 23.7 Å². The minimum absolute atomic E-state index is 0.0265. The van der Waals surface area contributed by atoms with Crippen molar-refractivity contribution >= 4 is 50.7 Å². The van der Waals surface area contributed by atoms with Gasteiger partial charge in [0.1, 0.15) is 11.4 Å². The first-order chi connectivity index (χ1) is 25.6. The minimum atomic E-state index is -3.31. The Morgan fingerprint density at radius 3 is 2.50 bits per heavy atom.